The van der Waals surface area contributed by atoms with Gasteiger partial charge in [-0.05, 0) is 20.8 Å². The molecular weight excluding hydrogens is 288 g/mol. The smallest absolute Gasteiger partial charge is 0.359 e. The molecule has 0 fully saturated rings. The molecule has 114 valence electrons. The van der Waals surface area contributed by atoms with E-state index in [1.807, 2.05) is 6.92 Å². The highest BCUT2D eigenvalue weighted by Crippen LogP contribution is 2.11. The number of hydrogen-bond donors (Lipinski definition) is 1. The number of nitrogens with one attached hydrogen (secondary N) is 1. The summed E-state index contributed by atoms with van der Waals surface area (Å²) in [5.74, 6) is -0.918. The van der Waals surface area contributed by atoms with E-state index in [1.54, 1.807) is 13.8 Å². The number of carbonyl (C=O) groups is 2. The number of hydrogen-bond acceptors (Lipinski definition) is 6. The van der Waals surface area contributed by atoms with Crippen LogP contribution in [0.3, 0.4) is 0 Å². The standard InChI is InChI=1S/C12H18N2O5.ClH/c1-4-17-7-8-13-9(11(15)18-5-2)10(14-8)12(16)19-6-3;/h4-7H2,1-3H3,(H,13,14);1H. The summed E-state index contributed by atoms with van der Waals surface area (Å²) in [4.78, 5) is 30.2. The van der Waals surface area contributed by atoms with Crippen LogP contribution in [0.1, 0.15) is 47.6 Å². The molecule has 0 amide bonds. The molecule has 0 saturated carbocycles. The van der Waals surface area contributed by atoms with Gasteiger partial charge in [-0.25, -0.2) is 14.6 Å². The Labute approximate surface area is 123 Å². The lowest BCUT2D eigenvalue weighted by Gasteiger charge is -2.01. The largest absolute Gasteiger partial charge is 0.461 e. The van der Waals surface area contributed by atoms with Crippen molar-refractivity contribution in [1.29, 1.82) is 0 Å². The van der Waals surface area contributed by atoms with Crippen molar-refractivity contribution in [2.45, 2.75) is 27.4 Å². The van der Waals surface area contributed by atoms with Crippen LogP contribution in [0, 0.1) is 0 Å². The highest BCUT2D eigenvalue weighted by atomic mass is 35.5. The summed E-state index contributed by atoms with van der Waals surface area (Å²) >= 11 is 0. The zero-order valence-electron chi connectivity index (χ0n) is 11.7. The van der Waals surface area contributed by atoms with Gasteiger partial charge >= 0.3 is 11.9 Å². The van der Waals surface area contributed by atoms with Crippen molar-refractivity contribution in [2.75, 3.05) is 19.8 Å². The van der Waals surface area contributed by atoms with Crippen LogP contribution in [0.25, 0.3) is 0 Å². The first-order chi connectivity index (χ1) is 9.13. The van der Waals surface area contributed by atoms with Gasteiger partial charge < -0.3 is 19.2 Å². The topological polar surface area (TPSA) is 90.5 Å². The lowest BCUT2D eigenvalue weighted by molar-refractivity contribution is 0.0471. The molecule has 0 aliphatic rings. The lowest BCUT2D eigenvalue weighted by atomic mass is 10.3. The van der Waals surface area contributed by atoms with Crippen LogP contribution in [0.15, 0.2) is 0 Å². The summed E-state index contributed by atoms with van der Waals surface area (Å²) in [6, 6.07) is 0. The summed E-state index contributed by atoms with van der Waals surface area (Å²) in [5, 5.41) is 0. The number of H-pyrrole nitrogens is 1. The summed E-state index contributed by atoms with van der Waals surface area (Å²) in [5.41, 5.74) is -0.0787. The fourth-order valence-corrected chi connectivity index (χ4v) is 1.39. The molecule has 1 N–H and O–H groups in total. The fourth-order valence-electron chi connectivity index (χ4n) is 1.39. The Hall–Kier alpha value is -1.60. The van der Waals surface area contributed by atoms with Gasteiger partial charge in [0.05, 0.1) is 13.2 Å². The molecule has 1 heterocycles. The van der Waals surface area contributed by atoms with E-state index in [0.717, 1.165) is 0 Å². The van der Waals surface area contributed by atoms with Gasteiger partial charge in [0.15, 0.2) is 11.4 Å². The van der Waals surface area contributed by atoms with E-state index in [9.17, 15) is 9.59 Å². The van der Waals surface area contributed by atoms with Gasteiger partial charge in [0, 0.05) is 6.61 Å². The van der Waals surface area contributed by atoms with Crippen molar-refractivity contribution in [3.63, 3.8) is 0 Å². The van der Waals surface area contributed by atoms with Gasteiger partial charge in [0.1, 0.15) is 12.4 Å². The maximum absolute atomic E-state index is 11.7. The van der Waals surface area contributed by atoms with Crippen molar-refractivity contribution >= 4 is 24.3 Å². The molecule has 0 aliphatic heterocycles. The Bertz CT molecular complexity index is 412. The third kappa shape index (κ3) is 4.82. The molecule has 7 nitrogen and oxygen atoms in total. The highest BCUT2D eigenvalue weighted by Gasteiger charge is 2.24. The van der Waals surface area contributed by atoms with Crippen LogP contribution < -0.4 is 0 Å². The molecule has 20 heavy (non-hydrogen) atoms. The Morgan fingerprint density at radius 2 is 1.65 bits per heavy atom. The van der Waals surface area contributed by atoms with Crippen LogP contribution in [0.2, 0.25) is 0 Å². The Kier molecular flexibility index (Phi) is 8.58. The normalized spacial score (nSPS) is 9.75. The maximum atomic E-state index is 11.7. The van der Waals surface area contributed by atoms with E-state index < -0.39 is 11.9 Å². The number of ether oxygens (including phenoxy) is 3. The quantitative estimate of drug-likeness (QED) is 0.771. The minimum atomic E-state index is -0.662. The Morgan fingerprint density at radius 3 is 2.20 bits per heavy atom. The molecule has 0 aromatic carbocycles. The first-order valence-corrected chi connectivity index (χ1v) is 6.14. The first-order valence-electron chi connectivity index (χ1n) is 6.14. The van der Waals surface area contributed by atoms with Gasteiger partial charge in [0.25, 0.3) is 0 Å². The third-order valence-corrected chi connectivity index (χ3v) is 2.14. The van der Waals surface area contributed by atoms with Gasteiger partial charge in [-0.1, -0.05) is 0 Å². The molecule has 1 aromatic rings. The number of halogens is 1. The second-order valence-corrected chi connectivity index (χ2v) is 3.49. The van der Waals surface area contributed by atoms with Gasteiger partial charge in [-0.3, -0.25) is 0 Å². The third-order valence-electron chi connectivity index (χ3n) is 2.14. The highest BCUT2D eigenvalue weighted by molar-refractivity contribution is 6.00. The maximum Gasteiger partial charge on any atom is 0.359 e. The van der Waals surface area contributed by atoms with Crippen LogP contribution in [-0.4, -0.2) is 41.7 Å². The van der Waals surface area contributed by atoms with Crippen LogP contribution in [-0.2, 0) is 20.8 Å². The zero-order valence-corrected chi connectivity index (χ0v) is 12.5. The molecule has 0 radical (unpaired) electrons. The van der Waals surface area contributed by atoms with Crippen molar-refractivity contribution in [3.8, 4) is 0 Å². The second kappa shape index (κ2) is 9.33. The predicted octanol–water partition coefficient (Wildman–Crippen LogP) is 1.72. The molecule has 1 rings (SSSR count). The molecule has 8 heteroatoms. The van der Waals surface area contributed by atoms with E-state index in [2.05, 4.69) is 9.97 Å². The minimum Gasteiger partial charge on any atom is -0.461 e. The monoisotopic (exact) mass is 306 g/mol. The van der Waals surface area contributed by atoms with Gasteiger partial charge in [-0.15, -0.1) is 12.4 Å². The van der Waals surface area contributed by atoms with Crippen molar-refractivity contribution < 1.29 is 23.8 Å². The molecule has 0 aliphatic carbocycles. The summed E-state index contributed by atoms with van der Waals surface area (Å²) < 4.78 is 14.9. The van der Waals surface area contributed by atoms with Crippen molar-refractivity contribution in [1.82, 2.24) is 9.97 Å². The number of esters is 2. The Balaban J connectivity index is 0.00000361. The first kappa shape index (κ1) is 18.4. The molecule has 0 atom stereocenters. The SMILES string of the molecule is CCOCc1nc(C(=O)OCC)c(C(=O)OCC)[nH]1.Cl. The number of rotatable bonds is 7. The minimum absolute atomic E-state index is 0. The second-order valence-electron chi connectivity index (χ2n) is 3.49. The molecule has 0 unspecified atom stereocenters. The van der Waals surface area contributed by atoms with Gasteiger partial charge in [0.2, 0.25) is 0 Å². The lowest BCUT2D eigenvalue weighted by Crippen LogP contribution is -2.13. The summed E-state index contributed by atoms with van der Waals surface area (Å²) in [7, 11) is 0. The summed E-state index contributed by atoms with van der Waals surface area (Å²) in [6.45, 7) is 6.29. The zero-order chi connectivity index (χ0) is 14.3. The number of nitrogens with zero attached hydrogens (tertiary/aromatic N) is 1. The number of aromatic amines is 1. The molecule has 0 spiro atoms. The molecule has 0 saturated heterocycles. The van der Waals surface area contributed by atoms with Crippen LogP contribution in [0.4, 0.5) is 0 Å². The van der Waals surface area contributed by atoms with E-state index in [-0.39, 0.29) is 43.6 Å². The molecular formula is C12H19ClN2O5. The van der Waals surface area contributed by atoms with Crippen LogP contribution >= 0.6 is 12.4 Å². The van der Waals surface area contributed by atoms with E-state index in [4.69, 9.17) is 14.2 Å². The summed E-state index contributed by atoms with van der Waals surface area (Å²) in [6.07, 6.45) is 0. The average molecular weight is 307 g/mol. The fraction of sp³-hybridized carbons (Fsp3) is 0.583. The number of imidazole rings is 1. The van der Waals surface area contributed by atoms with Gasteiger partial charge in [-0.2, -0.15) is 0 Å². The number of carbonyl (C=O) groups excluding carboxylic acids is 2. The van der Waals surface area contributed by atoms with E-state index in [1.165, 1.54) is 0 Å². The van der Waals surface area contributed by atoms with Crippen molar-refractivity contribution in [3.05, 3.63) is 17.2 Å². The number of aromatic nitrogens is 2. The average Bonchev–Trinajstić information content (AvgIpc) is 2.81. The molecule has 1 aromatic heterocycles. The van der Waals surface area contributed by atoms with Crippen LogP contribution in [0.5, 0.6) is 0 Å². The van der Waals surface area contributed by atoms with E-state index in [0.29, 0.717) is 12.4 Å². The molecule has 0 bridgehead atoms. The van der Waals surface area contributed by atoms with Crippen molar-refractivity contribution in [2.24, 2.45) is 0 Å². The Morgan fingerprint density at radius 1 is 1.05 bits per heavy atom. The predicted molar refractivity (Wildman–Crippen MR) is 73.1 cm³/mol. The van der Waals surface area contributed by atoms with E-state index >= 15 is 0 Å².